The Balaban J connectivity index is 1.32. The molecule has 1 aliphatic rings. The van der Waals surface area contributed by atoms with E-state index in [9.17, 15) is 4.79 Å². The first-order chi connectivity index (χ1) is 13.3. The molecule has 1 aliphatic heterocycles. The van der Waals surface area contributed by atoms with E-state index >= 15 is 0 Å². The molecule has 0 unspecified atom stereocenters. The Kier molecular flexibility index (Phi) is 11.2. The predicted molar refractivity (Wildman–Crippen MR) is 115 cm³/mol. The van der Waals surface area contributed by atoms with Gasteiger partial charge < -0.3 is 9.80 Å². The molecule has 0 radical (unpaired) electrons. The fourth-order valence-corrected chi connectivity index (χ4v) is 3.88. The van der Waals surface area contributed by atoms with Gasteiger partial charge in [-0.25, -0.2) is 0 Å². The highest BCUT2D eigenvalue weighted by molar-refractivity contribution is 5.76. The number of carbonyl (C=O) groups excluding carboxylic acids is 1. The van der Waals surface area contributed by atoms with Crippen LogP contribution in [0.15, 0.2) is 30.3 Å². The number of unbranched alkanes of at least 4 members (excludes halogenated alkanes) is 9. The first kappa shape index (κ1) is 21.9. The maximum absolute atomic E-state index is 12.2. The minimum atomic E-state index is 0.374. The summed E-state index contributed by atoms with van der Waals surface area (Å²) >= 11 is 0. The van der Waals surface area contributed by atoms with Crippen molar-refractivity contribution in [2.75, 3.05) is 33.2 Å². The van der Waals surface area contributed by atoms with Crippen LogP contribution < -0.4 is 0 Å². The summed E-state index contributed by atoms with van der Waals surface area (Å²) in [5, 5.41) is 0. The number of aryl methyl sites for hydroxylation is 1. The summed E-state index contributed by atoms with van der Waals surface area (Å²) in [6.07, 6.45) is 15.1. The van der Waals surface area contributed by atoms with E-state index in [1.807, 2.05) is 0 Å². The fourth-order valence-electron chi connectivity index (χ4n) is 3.88. The Labute approximate surface area is 167 Å². The Hall–Kier alpha value is -1.35. The van der Waals surface area contributed by atoms with Crippen molar-refractivity contribution >= 4 is 5.91 Å². The van der Waals surface area contributed by atoms with Gasteiger partial charge in [-0.2, -0.15) is 0 Å². The highest BCUT2D eigenvalue weighted by atomic mass is 16.2. The number of nitrogens with zero attached hydrogens (tertiary/aromatic N) is 2. The van der Waals surface area contributed by atoms with E-state index in [0.29, 0.717) is 5.91 Å². The number of hydrogen-bond donors (Lipinski definition) is 0. The van der Waals surface area contributed by atoms with Crippen molar-refractivity contribution in [1.29, 1.82) is 0 Å². The molecule has 2 rings (SSSR count). The van der Waals surface area contributed by atoms with Crippen molar-refractivity contribution in [3.05, 3.63) is 35.9 Å². The molecule has 0 atom stereocenters. The standard InChI is InChI=1S/C24H40N2O/c1-25-19-21-26(22-20-25)24(27)18-14-9-7-5-3-2-4-6-8-11-15-23-16-12-10-13-17-23/h10,12-13,16-17H,2-9,11,14-15,18-22H2,1H3. The van der Waals surface area contributed by atoms with Crippen LogP contribution in [-0.2, 0) is 11.2 Å². The van der Waals surface area contributed by atoms with Crippen LogP contribution in [0.3, 0.4) is 0 Å². The quantitative estimate of drug-likeness (QED) is 0.439. The maximum atomic E-state index is 12.2. The van der Waals surface area contributed by atoms with Gasteiger partial charge in [-0.05, 0) is 31.9 Å². The molecule has 1 amide bonds. The number of amides is 1. The third-order valence-corrected chi connectivity index (χ3v) is 5.80. The first-order valence-corrected chi connectivity index (χ1v) is 11.3. The molecule has 1 heterocycles. The summed E-state index contributed by atoms with van der Waals surface area (Å²) in [4.78, 5) is 16.5. The minimum Gasteiger partial charge on any atom is -0.340 e. The number of piperazine rings is 1. The number of rotatable bonds is 13. The van der Waals surface area contributed by atoms with Crippen LogP contribution in [0.5, 0.6) is 0 Å². The number of likely N-dealkylation sites (N-methyl/N-ethyl adjacent to an activating group) is 1. The van der Waals surface area contributed by atoms with Crippen molar-refractivity contribution in [3.8, 4) is 0 Å². The highest BCUT2D eigenvalue weighted by Gasteiger charge is 2.18. The largest absolute Gasteiger partial charge is 0.340 e. The van der Waals surface area contributed by atoms with Gasteiger partial charge in [-0.15, -0.1) is 0 Å². The molecular formula is C24H40N2O. The van der Waals surface area contributed by atoms with Gasteiger partial charge in [0, 0.05) is 32.6 Å². The average molecular weight is 373 g/mol. The predicted octanol–water partition coefficient (Wildman–Crippen LogP) is 5.29. The van der Waals surface area contributed by atoms with Crippen LogP contribution in [0.2, 0.25) is 0 Å². The molecule has 0 bridgehead atoms. The molecule has 0 saturated carbocycles. The molecule has 152 valence electrons. The number of hydrogen-bond acceptors (Lipinski definition) is 2. The van der Waals surface area contributed by atoms with Crippen LogP contribution in [0.4, 0.5) is 0 Å². The lowest BCUT2D eigenvalue weighted by atomic mass is 10.0. The lowest BCUT2D eigenvalue weighted by molar-refractivity contribution is -0.132. The smallest absolute Gasteiger partial charge is 0.222 e. The molecule has 3 heteroatoms. The van der Waals surface area contributed by atoms with Gasteiger partial charge in [0.25, 0.3) is 0 Å². The van der Waals surface area contributed by atoms with Gasteiger partial charge in [-0.1, -0.05) is 81.7 Å². The molecule has 1 saturated heterocycles. The van der Waals surface area contributed by atoms with Gasteiger partial charge in [0.2, 0.25) is 5.91 Å². The topological polar surface area (TPSA) is 23.6 Å². The second kappa shape index (κ2) is 13.8. The second-order valence-corrected chi connectivity index (χ2v) is 8.21. The third kappa shape index (κ3) is 9.95. The Bertz CT molecular complexity index is 494. The zero-order chi connectivity index (χ0) is 19.2. The van der Waals surface area contributed by atoms with Crippen molar-refractivity contribution in [2.24, 2.45) is 0 Å². The summed E-state index contributed by atoms with van der Waals surface area (Å²) in [6.45, 7) is 3.89. The Morgan fingerprint density at radius 1 is 0.741 bits per heavy atom. The molecule has 0 N–H and O–H groups in total. The summed E-state index contributed by atoms with van der Waals surface area (Å²) < 4.78 is 0. The Morgan fingerprint density at radius 2 is 1.26 bits per heavy atom. The molecule has 1 fully saturated rings. The van der Waals surface area contributed by atoms with Crippen LogP contribution in [0.1, 0.15) is 76.2 Å². The molecule has 27 heavy (non-hydrogen) atoms. The van der Waals surface area contributed by atoms with Crippen LogP contribution >= 0.6 is 0 Å². The van der Waals surface area contributed by atoms with Crippen LogP contribution in [-0.4, -0.2) is 48.9 Å². The first-order valence-electron chi connectivity index (χ1n) is 11.3. The molecule has 0 aliphatic carbocycles. The Morgan fingerprint density at radius 3 is 1.85 bits per heavy atom. The van der Waals surface area contributed by atoms with Gasteiger partial charge in [0.05, 0.1) is 0 Å². The second-order valence-electron chi connectivity index (χ2n) is 8.21. The third-order valence-electron chi connectivity index (χ3n) is 5.80. The summed E-state index contributed by atoms with van der Waals surface area (Å²) in [7, 11) is 2.13. The fraction of sp³-hybridized carbons (Fsp3) is 0.708. The molecule has 3 nitrogen and oxygen atoms in total. The molecule has 1 aromatic carbocycles. The molecule has 1 aromatic rings. The molecule has 0 spiro atoms. The monoisotopic (exact) mass is 372 g/mol. The van der Waals surface area contributed by atoms with E-state index in [2.05, 4.69) is 47.2 Å². The lowest BCUT2D eigenvalue weighted by Crippen LogP contribution is -2.47. The normalized spacial score (nSPS) is 15.2. The van der Waals surface area contributed by atoms with Gasteiger partial charge >= 0.3 is 0 Å². The van der Waals surface area contributed by atoms with E-state index < -0.39 is 0 Å². The van der Waals surface area contributed by atoms with Crippen molar-refractivity contribution in [2.45, 2.75) is 77.0 Å². The van der Waals surface area contributed by atoms with Gasteiger partial charge in [0.15, 0.2) is 0 Å². The van der Waals surface area contributed by atoms with Crippen LogP contribution in [0, 0.1) is 0 Å². The average Bonchev–Trinajstić information content (AvgIpc) is 2.70. The summed E-state index contributed by atoms with van der Waals surface area (Å²) in [5.41, 5.74) is 1.48. The van der Waals surface area contributed by atoms with E-state index in [1.54, 1.807) is 0 Å². The van der Waals surface area contributed by atoms with Crippen molar-refractivity contribution < 1.29 is 4.79 Å². The van der Waals surface area contributed by atoms with Gasteiger partial charge in [0.1, 0.15) is 0 Å². The SMILES string of the molecule is CN1CCN(C(=O)CCCCCCCCCCCCc2ccccc2)CC1. The number of benzene rings is 1. The number of carbonyl (C=O) groups is 1. The van der Waals surface area contributed by atoms with Gasteiger partial charge in [-0.3, -0.25) is 4.79 Å². The summed E-state index contributed by atoms with van der Waals surface area (Å²) in [6, 6.07) is 10.8. The zero-order valence-electron chi connectivity index (χ0n) is 17.5. The van der Waals surface area contributed by atoms with E-state index in [0.717, 1.165) is 39.0 Å². The minimum absolute atomic E-state index is 0.374. The molecular weight excluding hydrogens is 332 g/mol. The van der Waals surface area contributed by atoms with E-state index in [-0.39, 0.29) is 0 Å². The molecule has 0 aromatic heterocycles. The maximum Gasteiger partial charge on any atom is 0.222 e. The lowest BCUT2D eigenvalue weighted by Gasteiger charge is -2.32. The zero-order valence-corrected chi connectivity index (χ0v) is 17.5. The van der Waals surface area contributed by atoms with E-state index in [1.165, 1.54) is 69.8 Å². The highest BCUT2D eigenvalue weighted by Crippen LogP contribution is 2.13. The van der Waals surface area contributed by atoms with Crippen molar-refractivity contribution in [3.63, 3.8) is 0 Å². The van der Waals surface area contributed by atoms with E-state index in [4.69, 9.17) is 0 Å². The van der Waals surface area contributed by atoms with Crippen molar-refractivity contribution in [1.82, 2.24) is 9.80 Å². The van der Waals surface area contributed by atoms with Crippen LogP contribution in [0.25, 0.3) is 0 Å². The summed E-state index contributed by atoms with van der Waals surface area (Å²) in [5.74, 6) is 0.374.